The molecule has 0 aliphatic rings. The molecule has 0 bridgehead atoms. The Morgan fingerprint density at radius 2 is 1.95 bits per heavy atom. The SMILES string of the molecule is Cc1ccc(S(=O)(=O)Nc2cc(C)c(C(=O)O)s2)s1. The molecular weight excluding hydrogens is 306 g/mol. The van der Waals surface area contributed by atoms with Gasteiger partial charge in [0.15, 0.2) is 0 Å². The van der Waals surface area contributed by atoms with Gasteiger partial charge in [-0.1, -0.05) is 0 Å². The lowest BCUT2D eigenvalue weighted by Gasteiger charge is -2.02. The van der Waals surface area contributed by atoms with E-state index >= 15 is 0 Å². The number of aryl methyl sites for hydroxylation is 2. The molecule has 2 heterocycles. The molecule has 2 aromatic heterocycles. The quantitative estimate of drug-likeness (QED) is 0.908. The van der Waals surface area contributed by atoms with Crippen molar-refractivity contribution in [3.8, 4) is 0 Å². The van der Waals surface area contributed by atoms with Crippen molar-refractivity contribution in [3.05, 3.63) is 33.5 Å². The van der Waals surface area contributed by atoms with Crippen LogP contribution in [0.1, 0.15) is 20.1 Å². The highest BCUT2D eigenvalue weighted by Crippen LogP contribution is 2.30. The third-order valence-electron chi connectivity index (χ3n) is 2.33. The molecule has 0 aromatic carbocycles. The van der Waals surface area contributed by atoms with Crippen LogP contribution in [0.3, 0.4) is 0 Å². The van der Waals surface area contributed by atoms with Gasteiger partial charge in [0.05, 0.1) is 0 Å². The summed E-state index contributed by atoms with van der Waals surface area (Å²) in [5.74, 6) is -1.06. The lowest BCUT2D eigenvalue weighted by molar-refractivity contribution is 0.0701. The molecule has 0 fully saturated rings. The Hall–Kier alpha value is -1.38. The van der Waals surface area contributed by atoms with E-state index < -0.39 is 16.0 Å². The Morgan fingerprint density at radius 1 is 1.26 bits per heavy atom. The number of nitrogens with one attached hydrogen (secondary N) is 1. The highest BCUT2D eigenvalue weighted by atomic mass is 32.2. The molecule has 19 heavy (non-hydrogen) atoms. The van der Waals surface area contributed by atoms with E-state index in [4.69, 9.17) is 5.11 Å². The zero-order valence-electron chi connectivity index (χ0n) is 10.1. The average molecular weight is 317 g/mol. The maximum Gasteiger partial charge on any atom is 0.346 e. The number of rotatable bonds is 4. The van der Waals surface area contributed by atoms with Crippen LogP contribution in [0.15, 0.2) is 22.4 Å². The molecule has 0 radical (unpaired) electrons. The van der Waals surface area contributed by atoms with Crippen molar-refractivity contribution in [2.45, 2.75) is 18.1 Å². The van der Waals surface area contributed by atoms with Gasteiger partial charge in [-0.2, -0.15) is 0 Å². The molecule has 102 valence electrons. The van der Waals surface area contributed by atoms with Gasteiger partial charge in [-0.3, -0.25) is 4.72 Å². The van der Waals surface area contributed by atoms with Crippen LogP contribution in [-0.2, 0) is 10.0 Å². The van der Waals surface area contributed by atoms with E-state index in [0.717, 1.165) is 16.2 Å². The van der Waals surface area contributed by atoms with Crippen LogP contribution in [-0.4, -0.2) is 19.5 Å². The summed E-state index contributed by atoms with van der Waals surface area (Å²) in [5.41, 5.74) is 0.539. The molecule has 0 aliphatic carbocycles. The standard InChI is InChI=1S/C11H11NO4S3/c1-6-5-8(18-10(6)11(13)14)12-19(15,16)9-4-3-7(2)17-9/h3-5,12H,1-2H3,(H,13,14). The first-order valence-corrected chi connectivity index (χ1v) is 8.34. The molecular formula is C11H11NO4S3. The first-order chi connectivity index (χ1) is 8.79. The van der Waals surface area contributed by atoms with Crippen molar-refractivity contribution < 1.29 is 18.3 Å². The van der Waals surface area contributed by atoms with Gasteiger partial charge in [-0.15, -0.1) is 22.7 Å². The predicted octanol–water partition coefficient (Wildman–Crippen LogP) is 2.93. The van der Waals surface area contributed by atoms with Crippen molar-refractivity contribution in [1.29, 1.82) is 0 Å². The van der Waals surface area contributed by atoms with Gasteiger partial charge in [0, 0.05) is 4.88 Å². The van der Waals surface area contributed by atoms with Crippen molar-refractivity contribution in [2.75, 3.05) is 4.72 Å². The van der Waals surface area contributed by atoms with Crippen LogP contribution in [0.25, 0.3) is 0 Å². The fraction of sp³-hybridized carbons (Fsp3) is 0.182. The van der Waals surface area contributed by atoms with E-state index in [0.29, 0.717) is 10.6 Å². The summed E-state index contributed by atoms with van der Waals surface area (Å²) >= 11 is 2.08. The van der Waals surface area contributed by atoms with Gasteiger partial charge in [-0.25, -0.2) is 13.2 Å². The summed E-state index contributed by atoms with van der Waals surface area (Å²) in [5, 5.41) is 9.24. The first kappa shape index (κ1) is 14.0. The van der Waals surface area contributed by atoms with E-state index in [1.54, 1.807) is 13.0 Å². The molecule has 0 unspecified atom stereocenters. The molecule has 0 saturated carbocycles. The van der Waals surface area contributed by atoms with Crippen LogP contribution in [0.5, 0.6) is 0 Å². The van der Waals surface area contributed by atoms with E-state index in [2.05, 4.69) is 4.72 Å². The van der Waals surface area contributed by atoms with Crippen LogP contribution in [0.2, 0.25) is 0 Å². The first-order valence-electron chi connectivity index (χ1n) is 5.22. The molecule has 0 saturated heterocycles. The Bertz CT molecular complexity index is 727. The Balaban J connectivity index is 2.31. The lowest BCUT2D eigenvalue weighted by Crippen LogP contribution is -2.10. The maximum atomic E-state index is 12.1. The van der Waals surface area contributed by atoms with Gasteiger partial charge in [0.1, 0.15) is 14.1 Å². The fourth-order valence-corrected chi connectivity index (χ4v) is 4.96. The van der Waals surface area contributed by atoms with Crippen molar-refractivity contribution >= 4 is 43.7 Å². The molecule has 0 amide bonds. The molecule has 0 atom stereocenters. The minimum absolute atomic E-state index is 0.139. The normalized spacial score (nSPS) is 11.5. The number of hydrogen-bond donors (Lipinski definition) is 2. The van der Waals surface area contributed by atoms with Crippen molar-refractivity contribution in [3.63, 3.8) is 0 Å². The molecule has 5 nitrogen and oxygen atoms in total. The second-order valence-electron chi connectivity index (χ2n) is 3.90. The zero-order chi connectivity index (χ0) is 14.2. The van der Waals surface area contributed by atoms with Crippen molar-refractivity contribution in [1.82, 2.24) is 0 Å². The average Bonchev–Trinajstić information content (AvgIpc) is 2.85. The third-order valence-corrected chi connectivity index (χ3v) is 6.46. The summed E-state index contributed by atoms with van der Waals surface area (Å²) in [4.78, 5) is 11.9. The van der Waals surface area contributed by atoms with Crippen LogP contribution in [0, 0.1) is 13.8 Å². The third kappa shape index (κ3) is 2.96. The minimum atomic E-state index is -3.64. The van der Waals surface area contributed by atoms with Crippen LogP contribution < -0.4 is 4.72 Å². The summed E-state index contributed by atoms with van der Waals surface area (Å²) in [6.45, 7) is 3.45. The molecule has 2 rings (SSSR count). The largest absolute Gasteiger partial charge is 0.477 e. The Morgan fingerprint density at radius 3 is 2.42 bits per heavy atom. The summed E-state index contributed by atoms with van der Waals surface area (Å²) < 4.78 is 26.7. The molecule has 2 aromatic rings. The predicted molar refractivity (Wildman–Crippen MR) is 75.9 cm³/mol. The number of sulfonamides is 1. The monoisotopic (exact) mass is 317 g/mol. The number of anilines is 1. The molecule has 2 N–H and O–H groups in total. The minimum Gasteiger partial charge on any atom is -0.477 e. The van der Waals surface area contributed by atoms with E-state index in [9.17, 15) is 13.2 Å². The number of thiophene rings is 2. The second-order valence-corrected chi connectivity index (χ2v) is 8.15. The van der Waals surface area contributed by atoms with Gasteiger partial charge in [0.2, 0.25) is 0 Å². The van der Waals surface area contributed by atoms with Crippen LogP contribution in [0.4, 0.5) is 5.00 Å². The van der Waals surface area contributed by atoms with Gasteiger partial charge in [-0.05, 0) is 37.6 Å². The molecule has 8 heteroatoms. The number of aromatic carboxylic acids is 1. The topological polar surface area (TPSA) is 83.5 Å². The van der Waals surface area contributed by atoms with Gasteiger partial charge >= 0.3 is 5.97 Å². The zero-order valence-corrected chi connectivity index (χ0v) is 12.6. The Kier molecular flexibility index (Phi) is 3.66. The van der Waals surface area contributed by atoms with Crippen molar-refractivity contribution in [2.24, 2.45) is 0 Å². The van der Waals surface area contributed by atoms with Gasteiger partial charge < -0.3 is 5.11 Å². The summed E-state index contributed by atoms with van der Waals surface area (Å²) in [6, 6.07) is 4.77. The highest BCUT2D eigenvalue weighted by molar-refractivity contribution is 7.94. The number of carbonyl (C=O) groups is 1. The smallest absolute Gasteiger partial charge is 0.346 e. The van der Waals surface area contributed by atoms with E-state index in [1.165, 1.54) is 23.5 Å². The van der Waals surface area contributed by atoms with Crippen LogP contribution >= 0.6 is 22.7 Å². The second kappa shape index (κ2) is 4.95. The van der Waals surface area contributed by atoms with E-state index in [-0.39, 0.29) is 9.09 Å². The number of carboxylic acid groups (broad SMARTS) is 1. The molecule has 0 spiro atoms. The van der Waals surface area contributed by atoms with Gasteiger partial charge in [0.25, 0.3) is 10.0 Å². The molecule has 0 aliphatic heterocycles. The summed E-state index contributed by atoms with van der Waals surface area (Å²) in [6.07, 6.45) is 0. The highest BCUT2D eigenvalue weighted by Gasteiger charge is 2.19. The summed E-state index contributed by atoms with van der Waals surface area (Å²) in [7, 11) is -3.64. The number of hydrogen-bond acceptors (Lipinski definition) is 5. The lowest BCUT2D eigenvalue weighted by atomic mass is 10.3. The van der Waals surface area contributed by atoms with E-state index in [1.807, 2.05) is 6.92 Å². The number of carboxylic acids is 1. The maximum absolute atomic E-state index is 12.1. The fourth-order valence-electron chi connectivity index (χ4n) is 1.48. The Labute approximate surface area is 118 Å².